The first-order valence-corrected chi connectivity index (χ1v) is 9.38. The van der Waals surface area contributed by atoms with Crippen LogP contribution in [0.25, 0.3) is 0 Å². The number of hydrogen-bond acceptors (Lipinski definition) is 4. The van der Waals surface area contributed by atoms with Gasteiger partial charge in [-0.3, -0.25) is 4.79 Å². The van der Waals surface area contributed by atoms with Crippen LogP contribution in [0.15, 0.2) is 29.6 Å². The lowest BCUT2D eigenvalue weighted by molar-refractivity contribution is -0.134. The highest BCUT2D eigenvalue weighted by Crippen LogP contribution is 2.33. The molecule has 1 aromatic heterocycles. The highest BCUT2D eigenvalue weighted by atomic mass is 32.1. The Morgan fingerprint density at radius 2 is 2.12 bits per heavy atom. The Labute approximate surface area is 147 Å². The van der Waals surface area contributed by atoms with E-state index in [1.165, 1.54) is 5.56 Å². The summed E-state index contributed by atoms with van der Waals surface area (Å²) in [7, 11) is 0. The van der Waals surface area contributed by atoms with Gasteiger partial charge in [0.05, 0.1) is 22.7 Å². The molecule has 0 aliphatic carbocycles. The number of ether oxygens (including phenoxy) is 1. The van der Waals surface area contributed by atoms with Crippen LogP contribution in [0, 0.1) is 19.8 Å². The molecule has 128 valence electrons. The van der Waals surface area contributed by atoms with Crippen LogP contribution in [0.3, 0.4) is 0 Å². The average Bonchev–Trinajstić information content (AvgIpc) is 3.01. The fourth-order valence-corrected chi connectivity index (χ4v) is 3.75. The Morgan fingerprint density at radius 1 is 1.33 bits per heavy atom. The van der Waals surface area contributed by atoms with Crippen LogP contribution in [0.5, 0.6) is 0 Å². The first-order valence-electron chi connectivity index (χ1n) is 8.50. The Balaban J connectivity index is 1.59. The lowest BCUT2D eigenvalue weighted by Gasteiger charge is -2.31. The molecule has 2 atom stereocenters. The molecular formula is C19H24N2O2S. The van der Waals surface area contributed by atoms with Crippen LogP contribution in [-0.4, -0.2) is 24.0 Å². The van der Waals surface area contributed by atoms with E-state index in [1.54, 1.807) is 11.3 Å². The summed E-state index contributed by atoms with van der Waals surface area (Å²) >= 11 is 1.65. The van der Waals surface area contributed by atoms with Gasteiger partial charge in [-0.05, 0) is 32.3 Å². The molecule has 1 fully saturated rings. The van der Waals surface area contributed by atoms with Gasteiger partial charge in [0.15, 0.2) is 0 Å². The van der Waals surface area contributed by atoms with E-state index in [9.17, 15) is 4.79 Å². The summed E-state index contributed by atoms with van der Waals surface area (Å²) in [6.07, 6.45) is 2.45. The van der Waals surface area contributed by atoms with Crippen LogP contribution in [0.4, 0.5) is 0 Å². The first kappa shape index (κ1) is 17.1. The topological polar surface area (TPSA) is 51.2 Å². The normalized spacial score (nSPS) is 20.8. The smallest absolute Gasteiger partial charge is 0.226 e. The van der Waals surface area contributed by atoms with Crippen LogP contribution >= 0.6 is 11.3 Å². The number of nitrogens with zero attached hydrogens (tertiary/aromatic N) is 1. The van der Waals surface area contributed by atoms with Gasteiger partial charge in [0.2, 0.25) is 5.91 Å². The second kappa shape index (κ2) is 7.90. The van der Waals surface area contributed by atoms with Gasteiger partial charge in [0.1, 0.15) is 0 Å². The van der Waals surface area contributed by atoms with Crippen molar-refractivity contribution in [2.24, 2.45) is 5.92 Å². The van der Waals surface area contributed by atoms with Crippen molar-refractivity contribution < 1.29 is 9.53 Å². The van der Waals surface area contributed by atoms with E-state index in [-0.39, 0.29) is 17.9 Å². The third-order valence-electron chi connectivity index (χ3n) is 4.41. The number of amides is 1. The third kappa shape index (κ3) is 4.22. The maximum Gasteiger partial charge on any atom is 0.226 e. The number of benzene rings is 1. The fraction of sp³-hybridized carbons (Fsp3) is 0.474. The lowest BCUT2D eigenvalue weighted by atomic mass is 9.88. The Bertz CT molecular complexity index is 681. The molecule has 1 saturated heterocycles. The van der Waals surface area contributed by atoms with E-state index in [2.05, 4.69) is 46.9 Å². The minimum Gasteiger partial charge on any atom is -0.373 e. The Kier molecular flexibility index (Phi) is 5.63. The van der Waals surface area contributed by atoms with E-state index in [1.807, 2.05) is 6.92 Å². The second-order valence-corrected chi connectivity index (χ2v) is 7.41. The van der Waals surface area contributed by atoms with E-state index in [0.29, 0.717) is 6.54 Å². The zero-order valence-electron chi connectivity index (χ0n) is 14.2. The van der Waals surface area contributed by atoms with Gasteiger partial charge in [0.25, 0.3) is 0 Å². The molecule has 2 aromatic rings. The van der Waals surface area contributed by atoms with E-state index in [0.717, 1.165) is 42.1 Å². The van der Waals surface area contributed by atoms with Crippen LogP contribution < -0.4 is 5.32 Å². The first-order chi connectivity index (χ1) is 11.6. The molecule has 1 aliphatic heterocycles. The van der Waals surface area contributed by atoms with Crippen LogP contribution in [0.2, 0.25) is 0 Å². The number of carbonyl (C=O) groups excluding carboxylic acids is 1. The predicted molar refractivity (Wildman–Crippen MR) is 96.2 cm³/mol. The molecule has 4 nitrogen and oxygen atoms in total. The van der Waals surface area contributed by atoms with Gasteiger partial charge < -0.3 is 10.1 Å². The Morgan fingerprint density at radius 3 is 2.83 bits per heavy atom. The summed E-state index contributed by atoms with van der Waals surface area (Å²) in [5, 5.41) is 6.19. The predicted octanol–water partition coefficient (Wildman–Crippen LogP) is 3.59. The molecule has 24 heavy (non-hydrogen) atoms. The summed E-state index contributed by atoms with van der Waals surface area (Å²) in [4.78, 5) is 17.1. The summed E-state index contributed by atoms with van der Waals surface area (Å²) in [6.45, 7) is 5.41. The summed E-state index contributed by atoms with van der Waals surface area (Å²) in [5.74, 6) is -0.0224. The summed E-state index contributed by atoms with van der Waals surface area (Å²) in [6, 6.07) is 8.30. The van der Waals surface area contributed by atoms with Crippen LogP contribution in [-0.2, 0) is 16.0 Å². The number of carbonyl (C=O) groups is 1. The minimum absolute atomic E-state index is 0.0900. The van der Waals surface area contributed by atoms with Gasteiger partial charge in [-0.15, -0.1) is 11.3 Å². The standard InChI is InChI=1S/C19H24N2O2S/c1-13-5-7-15(8-6-13)18-17(4-3-11-23-18)19(22)20-10-9-16-12-24-14(2)21-16/h5-8,12,17-18H,3-4,9-11H2,1-2H3,(H,20,22). The minimum atomic E-state index is -0.138. The number of hydrogen-bond donors (Lipinski definition) is 1. The second-order valence-electron chi connectivity index (χ2n) is 6.35. The SMILES string of the molecule is Cc1ccc(C2OCCCC2C(=O)NCCc2csc(C)n2)cc1. The van der Waals surface area contributed by atoms with Crippen molar-refractivity contribution in [3.8, 4) is 0 Å². The molecule has 1 aliphatic rings. The molecule has 2 heterocycles. The summed E-state index contributed by atoms with van der Waals surface area (Å²) < 4.78 is 5.93. The highest BCUT2D eigenvalue weighted by molar-refractivity contribution is 7.09. The van der Waals surface area contributed by atoms with Gasteiger partial charge in [-0.1, -0.05) is 29.8 Å². The zero-order valence-corrected chi connectivity index (χ0v) is 15.1. The van der Waals surface area contributed by atoms with Crippen molar-refractivity contribution in [2.45, 2.75) is 39.2 Å². The molecule has 2 unspecified atom stereocenters. The quantitative estimate of drug-likeness (QED) is 0.902. The fourth-order valence-electron chi connectivity index (χ4n) is 3.10. The number of thiazole rings is 1. The molecule has 0 bridgehead atoms. The molecule has 5 heteroatoms. The van der Waals surface area contributed by atoms with Crippen molar-refractivity contribution in [1.29, 1.82) is 0 Å². The monoisotopic (exact) mass is 344 g/mol. The van der Waals surface area contributed by atoms with Gasteiger partial charge in [0, 0.05) is 25.0 Å². The molecule has 0 radical (unpaired) electrons. The van der Waals surface area contributed by atoms with Crippen molar-refractivity contribution in [3.05, 3.63) is 51.5 Å². The number of nitrogens with one attached hydrogen (secondary N) is 1. The lowest BCUT2D eigenvalue weighted by Crippen LogP contribution is -2.38. The largest absolute Gasteiger partial charge is 0.373 e. The molecule has 0 saturated carbocycles. The number of rotatable bonds is 5. The van der Waals surface area contributed by atoms with Crippen molar-refractivity contribution >= 4 is 17.2 Å². The van der Waals surface area contributed by atoms with Crippen LogP contribution in [0.1, 0.15) is 40.8 Å². The van der Waals surface area contributed by atoms with Gasteiger partial charge >= 0.3 is 0 Å². The Hall–Kier alpha value is -1.72. The van der Waals surface area contributed by atoms with Crippen molar-refractivity contribution in [2.75, 3.05) is 13.2 Å². The van der Waals surface area contributed by atoms with E-state index >= 15 is 0 Å². The van der Waals surface area contributed by atoms with E-state index < -0.39 is 0 Å². The average molecular weight is 344 g/mol. The van der Waals surface area contributed by atoms with Gasteiger partial charge in [-0.25, -0.2) is 4.98 Å². The number of aryl methyl sites for hydroxylation is 2. The summed E-state index contributed by atoms with van der Waals surface area (Å²) in [5.41, 5.74) is 3.36. The highest BCUT2D eigenvalue weighted by Gasteiger charge is 2.32. The molecule has 1 amide bonds. The molecule has 1 N–H and O–H groups in total. The van der Waals surface area contributed by atoms with Crippen molar-refractivity contribution in [1.82, 2.24) is 10.3 Å². The molecule has 3 rings (SSSR count). The van der Waals surface area contributed by atoms with Crippen molar-refractivity contribution in [3.63, 3.8) is 0 Å². The third-order valence-corrected chi connectivity index (χ3v) is 5.23. The zero-order chi connectivity index (χ0) is 16.9. The molecular weight excluding hydrogens is 320 g/mol. The van der Waals surface area contributed by atoms with Gasteiger partial charge in [-0.2, -0.15) is 0 Å². The molecule has 1 aromatic carbocycles. The maximum absolute atomic E-state index is 12.6. The molecule has 0 spiro atoms. The van der Waals surface area contributed by atoms with E-state index in [4.69, 9.17) is 4.74 Å². The number of aromatic nitrogens is 1. The maximum atomic E-state index is 12.6.